The van der Waals surface area contributed by atoms with E-state index in [4.69, 9.17) is 10.7 Å². The van der Waals surface area contributed by atoms with Crippen LogP contribution in [0, 0.1) is 11.2 Å². The number of fused-ring (bicyclic) bond motifs is 1. The Morgan fingerprint density at radius 1 is 1.08 bits per heavy atom. The Balaban J connectivity index is 0.00000294. The van der Waals surface area contributed by atoms with Crippen molar-refractivity contribution in [3.05, 3.63) is 83.8 Å². The topological polar surface area (TPSA) is 83.6 Å². The van der Waals surface area contributed by atoms with E-state index in [9.17, 15) is 9.18 Å². The number of rotatable bonds is 4. The van der Waals surface area contributed by atoms with Gasteiger partial charge in [-0.15, -0.1) is 0 Å². The molecule has 1 spiro atoms. The van der Waals surface area contributed by atoms with E-state index >= 15 is 0 Å². The van der Waals surface area contributed by atoms with Crippen LogP contribution < -0.4 is 11.1 Å². The number of amides is 2. The molecule has 1 saturated heterocycles. The minimum atomic E-state index is -0.641. The SMILES string of the molecule is N/C(=C\C1=NCCC12CCN(C(=O)NC1(c3ccccc3F)CCCC1)C2)c1cnc2ccccc2c1.[HH]. The summed E-state index contributed by atoms with van der Waals surface area (Å²) < 4.78 is 14.8. The summed E-state index contributed by atoms with van der Waals surface area (Å²) in [7, 11) is 0. The molecule has 3 heterocycles. The fourth-order valence-electron chi connectivity index (χ4n) is 6.38. The molecular weight excluding hydrogens is 465 g/mol. The number of benzene rings is 2. The summed E-state index contributed by atoms with van der Waals surface area (Å²) >= 11 is 0. The number of carbonyl (C=O) groups is 1. The lowest BCUT2D eigenvalue weighted by Gasteiger charge is -2.34. The summed E-state index contributed by atoms with van der Waals surface area (Å²) in [6.45, 7) is 1.96. The first-order chi connectivity index (χ1) is 18.0. The molecule has 192 valence electrons. The van der Waals surface area contributed by atoms with Crippen LogP contribution in [0.25, 0.3) is 16.6 Å². The number of halogens is 1. The van der Waals surface area contributed by atoms with E-state index in [1.54, 1.807) is 12.3 Å². The molecule has 2 fully saturated rings. The summed E-state index contributed by atoms with van der Waals surface area (Å²) in [6.07, 6.45) is 8.96. The molecule has 3 aliphatic rings. The molecule has 7 heteroatoms. The Hall–Kier alpha value is -3.74. The van der Waals surface area contributed by atoms with Crippen molar-refractivity contribution in [2.24, 2.45) is 16.1 Å². The van der Waals surface area contributed by atoms with Crippen LogP contribution in [0.15, 0.2) is 71.9 Å². The second-order valence-electron chi connectivity index (χ2n) is 10.7. The van der Waals surface area contributed by atoms with Gasteiger partial charge in [0.1, 0.15) is 5.82 Å². The summed E-state index contributed by atoms with van der Waals surface area (Å²) in [5, 5.41) is 4.30. The minimum Gasteiger partial charge on any atom is -0.398 e. The van der Waals surface area contributed by atoms with Crippen LogP contribution in [0.3, 0.4) is 0 Å². The van der Waals surface area contributed by atoms with Crippen LogP contribution in [0.4, 0.5) is 9.18 Å². The van der Waals surface area contributed by atoms with Crippen LogP contribution in [0.5, 0.6) is 0 Å². The van der Waals surface area contributed by atoms with Gasteiger partial charge in [0, 0.05) is 60.6 Å². The monoisotopic (exact) mass is 499 g/mol. The van der Waals surface area contributed by atoms with E-state index in [0.29, 0.717) is 24.4 Å². The Kier molecular flexibility index (Phi) is 5.94. The van der Waals surface area contributed by atoms with Gasteiger partial charge in [-0.2, -0.15) is 0 Å². The standard InChI is InChI=1S/C30H32FN5O.H2/c31-24-9-3-2-8-23(24)30(11-5-6-12-30)35-28(37)36-16-14-29(20-36)13-15-33-27(29)18-25(32)22-17-21-7-1-4-10-26(21)34-19-22;/h1-4,7-10,17-19H,5-6,11-16,20,32H2,(H,35,37);1H/b25-18-;. The maximum Gasteiger partial charge on any atom is 0.318 e. The molecule has 6 nitrogen and oxygen atoms in total. The molecule has 1 unspecified atom stereocenters. The zero-order chi connectivity index (χ0) is 25.5. The van der Waals surface area contributed by atoms with Gasteiger partial charge in [-0.1, -0.05) is 49.2 Å². The van der Waals surface area contributed by atoms with Crippen LogP contribution in [0.2, 0.25) is 0 Å². The van der Waals surface area contributed by atoms with Gasteiger partial charge in [0.2, 0.25) is 0 Å². The first-order valence-corrected chi connectivity index (χ1v) is 13.2. The van der Waals surface area contributed by atoms with Gasteiger partial charge in [0.15, 0.2) is 0 Å². The third-order valence-corrected chi connectivity index (χ3v) is 8.47. The Labute approximate surface area is 218 Å². The van der Waals surface area contributed by atoms with Crippen LogP contribution >= 0.6 is 0 Å². The lowest BCUT2D eigenvalue weighted by atomic mass is 9.80. The number of likely N-dealkylation sites (tertiary alicyclic amines) is 1. The van der Waals surface area contributed by atoms with Crippen molar-refractivity contribution in [3.8, 4) is 0 Å². The smallest absolute Gasteiger partial charge is 0.318 e. The average molecular weight is 500 g/mol. The number of aromatic nitrogens is 1. The number of hydrogen-bond donors (Lipinski definition) is 2. The summed E-state index contributed by atoms with van der Waals surface area (Å²) in [5.41, 5.74) is 9.66. The molecule has 1 aliphatic carbocycles. The molecule has 1 atom stereocenters. The zero-order valence-electron chi connectivity index (χ0n) is 20.9. The van der Waals surface area contributed by atoms with E-state index in [0.717, 1.165) is 67.2 Å². The van der Waals surface area contributed by atoms with Gasteiger partial charge in [-0.25, -0.2) is 9.18 Å². The van der Waals surface area contributed by atoms with Crippen molar-refractivity contribution in [1.29, 1.82) is 0 Å². The first kappa shape index (κ1) is 23.6. The van der Waals surface area contributed by atoms with E-state index in [1.807, 2.05) is 47.4 Å². The molecule has 3 N–H and O–H groups in total. The first-order valence-electron chi connectivity index (χ1n) is 13.2. The fourth-order valence-corrected chi connectivity index (χ4v) is 6.38. The number of urea groups is 1. The van der Waals surface area contributed by atoms with E-state index in [-0.39, 0.29) is 18.7 Å². The number of hydrogen-bond acceptors (Lipinski definition) is 4. The predicted molar refractivity (Wildman–Crippen MR) is 147 cm³/mol. The number of allylic oxidation sites excluding steroid dienone is 1. The zero-order valence-corrected chi connectivity index (χ0v) is 20.9. The molecule has 3 aromatic rings. The van der Waals surface area contributed by atoms with Crippen molar-refractivity contribution in [3.63, 3.8) is 0 Å². The largest absolute Gasteiger partial charge is 0.398 e. The van der Waals surface area contributed by atoms with Crippen LogP contribution in [-0.2, 0) is 5.54 Å². The number of pyridine rings is 1. The van der Waals surface area contributed by atoms with Gasteiger partial charge < -0.3 is 16.0 Å². The summed E-state index contributed by atoms with van der Waals surface area (Å²) in [5.74, 6) is -0.253. The number of nitrogens with two attached hydrogens (primary N) is 1. The van der Waals surface area contributed by atoms with Gasteiger partial charge in [-0.3, -0.25) is 9.98 Å². The number of aliphatic imine (C=N–C) groups is 1. The number of para-hydroxylation sites is 1. The second-order valence-corrected chi connectivity index (χ2v) is 10.7. The summed E-state index contributed by atoms with van der Waals surface area (Å²) in [4.78, 5) is 24.7. The Morgan fingerprint density at radius 2 is 1.86 bits per heavy atom. The predicted octanol–water partition coefficient (Wildman–Crippen LogP) is 5.64. The van der Waals surface area contributed by atoms with Crippen molar-refractivity contribution in [2.45, 2.75) is 44.1 Å². The third kappa shape index (κ3) is 4.26. The lowest BCUT2D eigenvalue weighted by molar-refractivity contribution is 0.188. The highest BCUT2D eigenvalue weighted by Gasteiger charge is 2.47. The Bertz CT molecular complexity index is 1420. The molecule has 1 saturated carbocycles. The Morgan fingerprint density at radius 3 is 2.70 bits per heavy atom. The highest BCUT2D eigenvalue weighted by atomic mass is 19.1. The van der Waals surface area contributed by atoms with Gasteiger partial charge in [-0.05, 0) is 50.0 Å². The second kappa shape index (κ2) is 9.29. The fraction of sp³-hybridized carbons (Fsp3) is 0.367. The molecule has 2 aromatic carbocycles. The van der Waals surface area contributed by atoms with Crippen LogP contribution in [0.1, 0.15) is 51.1 Å². The van der Waals surface area contributed by atoms with Crippen molar-refractivity contribution < 1.29 is 10.6 Å². The number of nitrogens with one attached hydrogen (secondary N) is 1. The van der Waals surface area contributed by atoms with Gasteiger partial charge in [0.25, 0.3) is 0 Å². The molecule has 0 radical (unpaired) electrons. The maximum atomic E-state index is 14.8. The van der Waals surface area contributed by atoms with E-state index < -0.39 is 5.54 Å². The highest BCUT2D eigenvalue weighted by Crippen LogP contribution is 2.43. The molecule has 6 rings (SSSR count). The minimum absolute atomic E-state index is 0. The quantitative estimate of drug-likeness (QED) is 0.488. The highest BCUT2D eigenvalue weighted by molar-refractivity contribution is 6.06. The normalized spacial score (nSPS) is 23.1. The maximum absolute atomic E-state index is 14.8. The molecular formula is C30H34FN5O. The number of nitrogens with zero attached hydrogens (tertiary/aromatic N) is 3. The van der Waals surface area contributed by atoms with Crippen molar-refractivity contribution in [1.82, 2.24) is 15.2 Å². The molecule has 2 aliphatic heterocycles. The van der Waals surface area contributed by atoms with Crippen LogP contribution in [-0.4, -0.2) is 41.3 Å². The van der Waals surface area contributed by atoms with Crippen molar-refractivity contribution in [2.75, 3.05) is 19.6 Å². The molecule has 37 heavy (non-hydrogen) atoms. The van der Waals surface area contributed by atoms with Gasteiger partial charge >= 0.3 is 6.03 Å². The molecule has 2 amide bonds. The molecule has 0 bridgehead atoms. The number of carbonyl (C=O) groups excluding carboxylic acids is 1. The molecule has 1 aromatic heterocycles. The lowest BCUT2D eigenvalue weighted by Crippen LogP contribution is -2.50. The summed E-state index contributed by atoms with van der Waals surface area (Å²) in [6, 6.07) is 16.7. The third-order valence-electron chi connectivity index (χ3n) is 8.47. The van der Waals surface area contributed by atoms with E-state index in [2.05, 4.69) is 16.4 Å². The van der Waals surface area contributed by atoms with Crippen molar-refractivity contribution >= 4 is 28.3 Å². The van der Waals surface area contributed by atoms with Gasteiger partial charge in [0.05, 0.1) is 11.1 Å². The average Bonchev–Trinajstić information content (AvgIpc) is 3.66. The van der Waals surface area contributed by atoms with E-state index in [1.165, 1.54) is 6.07 Å².